The van der Waals surface area contributed by atoms with Crippen LogP contribution in [0.25, 0.3) is 11.0 Å². The number of ether oxygens (including phenoxy) is 2. The van der Waals surface area contributed by atoms with Crippen LogP contribution in [0.2, 0.25) is 0 Å². The van der Waals surface area contributed by atoms with Crippen molar-refractivity contribution in [3.05, 3.63) is 63.6 Å². The van der Waals surface area contributed by atoms with Gasteiger partial charge in [0.15, 0.2) is 5.65 Å². The highest BCUT2D eigenvalue weighted by Gasteiger charge is 2.24. The predicted molar refractivity (Wildman–Crippen MR) is 142 cm³/mol. The molecule has 12 heteroatoms. The van der Waals surface area contributed by atoms with E-state index in [-0.39, 0.29) is 43.6 Å². The highest BCUT2D eigenvalue weighted by molar-refractivity contribution is 5.97. The summed E-state index contributed by atoms with van der Waals surface area (Å²) in [7, 11) is 0. The largest absolute Gasteiger partial charge is 0.466 e. The molecule has 2 aromatic heterocycles. The molecule has 0 unspecified atom stereocenters. The predicted octanol–water partition coefficient (Wildman–Crippen LogP) is 2.07. The number of aromatic amines is 1. The minimum Gasteiger partial charge on any atom is -0.466 e. The first kappa shape index (κ1) is 29.0. The molecule has 206 valence electrons. The van der Waals surface area contributed by atoms with Crippen molar-refractivity contribution >= 4 is 40.7 Å². The molecule has 0 aliphatic carbocycles. The summed E-state index contributed by atoms with van der Waals surface area (Å²) in [5, 5.41) is 5.38. The highest BCUT2D eigenvalue weighted by Crippen LogP contribution is 2.13. The second-order valence-electron chi connectivity index (χ2n) is 8.63. The van der Waals surface area contributed by atoms with Gasteiger partial charge in [-0.1, -0.05) is 12.1 Å². The zero-order valence-corrected chi connectivity index (χ0v) is 22.0. The number of carbonyl (C=O) groups is 4. The Morgan fingerprint density at radius 3 is 2.36 bits per heavy atom. The number of esters is 2. The summed E-state index contributed by atoms with van der Waals surface area (Å²) in [6, 6.07) is 7.63. The van der Waals surface area contributed by atoms with Crippen molar-refractivity contribution in [2.75, 3.05) is 18.5 Å². The van der Waals surface area contributed by atoms with E-state index in [0.29, 0.717) is 23.8 Å². The standard InChI is InChI=1S/C27H31N5O7/c1-4-38-22(34)13-12-21(26(37)39-5-2)30-24(35)19-10-8-17(9-11-19)6-7-18-14-20-23(28-15-18)31-27(29-16(3)33)32-25(20)36/h8-11,14-15,21H,4-7,12-13H2,1-3H3,(H,30,35)(H2,28,29,31,32,33,36)/t21-/m1/s1. The summed E-state index contributed by atoms with van der Waals surface area (Å²) in [6.07, 6.45) is 2.86. The van der Waals surface area contributed by atoms with Crippen molar-refractivity contribution in [2.24, 2.45) is 0 Å². The van der Waals surface area contributed by atoms with E-state index in [0.717, 1.165) is 11.1 Å². The molecule has 0 spiro atoms. The van der Waals surface area contributed by atoms with Crippen LogP contribution in [0.5, 0.6) is 0 Å². The number of pyridine rings is 1. The maximum atomic E-state index is 12.8. The van der Waals surface area contributed by atoms with E-state index in [1.165, 1.54) is 6.92 Å². The molecular weight excluding hydrogens is 506 g/mol. The second-order valence-corrected chi connectivity index (χ2v) is 8.63. The molecule has 0 radical (unpaired) electrons. The van der Waals surface area contributed by atoms with Crippen molar-refractivity contribution in [1.82, 2.24) is 20.3 Å². The number of anilines is 1. The molecule has 0 saturated heterocycles. The molecule has 3 aromatic rings. The smallest absolute Gasteiger partial charge is 0.328 e. The fraction of sp³-hybridized carbons (Fsp3) is 0.370. The lowest BCUT2D eigenvalue weighted by molar-refractivity contribution is -0.146. The number of aromatic nitrogens is 3. The van der Waals surface area contributed by atoms with Crippen molar-refractivity contribution in [3.8, 4) is 0 Å². The third-order valence-corrected chi connectivity index (χ3v) is 5.65. The number of rotatable bonds is 12. The molecule has 0 fully saturated rings. The molecule has 2 heterocycles. The number of benzene rings is 1. The summed E-state index contributed by atoms with van der Waals surface area (Å²) in [5.41, 5.74) is 1.94. The summed E-state index contributed by atoms with van der Waals surface area (Å²) < 4.78 is 9.92. The molecule has 39 heavy (non-hydrogen) atoms. The van der Waals surface area contributed by atoms with Crippen LogP contribution in [0.1, 0.15) is 55.1 Å². The van der Waals surface area contributed by atoms with Gasteiger partial charge in [0.05, 0.1) is 18.6 Å². The van der Waals surface area contributed by atoms with Crippen LogP contribution in [-0.4, -0.2) is 58.0 Å². The Bertz CT molecular complexity index is 1400. The van der Waals surface area contributed by atoms with Crippen molar-refractivity contribution in [2.45, 2.75) is 52.5 Å². The normalized spacial score (nSPS) is 11.5. The van der Waals surface area contributed by atoms with Crippen molar-refractivity contribution < 1.29 is 28.7 Å². The van der Waals surface area contributed by atoms with Crippen LogP contribution in [0.3, 0.4) is 0 Å². The number of aryl methyl sites for hydroxylation is 2. The van der Waals surface area contributed by atoms with E-state index in [9.17, 15) is 24.0 Å². The fourth-order valence-electron chi connectivity index (χ4n) is 3.77. The first-order chi connectivity index (χ1) is 18.7. The van der Waals surface area contributed by atoms with Crippen molar-refractivity contribution in [3.63, 3.8) is 0 Å². The summed E-state index contributed by atoms with van der Waals surface area (Å²) in [5.74, 6) is -1.85. The SMILES string of the molecule is CCOC(=O)CC[C@@H](NC(=O)c1ccc(CCc2cnc3nc(NC(C)=O)[nH]c(=O)c3c2)cc1)C(=O)OCC. The number of hydrogen-bond donors (Lipinski definition) is 3. The van der Waals surface area contributed by atoms with Gasteiger partial charge in [-0.2, -0.15) is 4.98 Å². The van der Waals surface area contributed by atoms with E-state index in [1.54, 1.807) is 50.4 Å². The summed E-state index contributed by atoms with van der Waals surface area (Å²) in [4.78, 5) is 71.2. The van der Waals surface area contributed by atoms with Gasteiger partial charge in [-0.05, 0) is 62.4 Å². The van der Waals surface area contributed by atoms with E-state index >= 15 is 0 Å². The molecule has 0 aliphatic heterocycles. The average Bonchev–Trinajstić information content (AvgIpc) is 2.90. The maximum Gasteiger partial charge on any atom is 0.328 e. The Morgan fingerprint density at radius 1 is 1.00 bits per heavy atom. The van der Waals surface area contributed by atoms with Crippen LogP contribution >= 0.6 is 0 Å². The molecule has 3 rings (SSSR count). The van der Waals surface area contributed by atoms with E-state index < -0.39 is 29.4 Å². The number of carbonyl (C=O) groups excluding carboxylic acids is 4. The van der Waals surface area contributed by atoms with Gasteiger partial charge in [-0.15, -0.1) is 0 Å². The molecule has 3 N–H and O–H groups in total. The van der Waals surface area contributed by atoms with Gasteiger partial charge in [-0.25, -0.2) is 9.78 Å². The quantitative estimate of drug-likeness (QED) is 0.293. The van der Waals surface area contributed by atoms with E-state index in [2.05, 4.69) is 25.6 Å². The fourth-order valence-corrected chi connectivity index (χ4v) is 3.77. The number of nitrogens with zero attached hydrogens (tertiary/aromatic N) is 2. The minimum atomic E-state index is -0.978. The molecular formula is C27H31N5O7. The van der Waals surface area contributed by atoms with Crippen LogP contribution in [-0.2, 0) is 36.7 Å². The van der Waals surface area contributed by atoms with Gasteiger partial charge in [0.25, 0.3) is 11.5 Å². The van der Waals surface area contributed by atoms with Crippen LogP contribution < -0.4 is 16.2 Å². The van der Waals surface area contributed by atoms with Gasteiger partial charge in [0, 0.05) is 25.1 Å². The van der Waals surface area contributed by atoms with Crippen LogP contribution in [0, 0.1) is 0 Å². The third kappa shape index (κ3) is 8.45. The molecule has 0 saturated carbocycles. The summed E-state index contributed by atoms with van der Waals surface area (Å²) >= 11 is 0. The van der Waals surface area contributed by atoms with E-state index in [1.807, 2.05) is 0 Å². The van der Waals surface area contributed by atoms with Gasteiger partial charge >= 0.3 is 11.9 Å². The maximum absolute atomic E-state index is 12.8. The number of hydrogen-bond acceptors (Lipinski definition) is 9. The molecule has 0 bridgehead atoms. The van der Waals surface area contributed by atoms with Crippen LogP contribution in [0.4, 0.5) is 5.95 Å². The monoisotopic (exact) mass is 537 g/mol. The van der Waals surface area contributed by atoms with Crippen molar-refractivity contribution in [1.29, 1.82) is 0 Å². The zero-order chi connectivity index (χ0) is 28.4. The first-order valence-corrected chi connectivity index (χ1v) is 12.6. The lowest BCUT2D eigenvalue weighted by Gasteiger charge is -2.17. The topological polar surface area (TPSA) is 169 Å². The van der Waals surface area contributed by atoms with Gasteiger partial charge in [0.1, 0.15) is 6.04 Å². The van der Waals surface area contributed by atoms with Gasteiger partial charge in [0.2, 0.25) is 11.9 Å². The summed E-state index contributed by atoms with van der Waals surface area (Å²) in [6.45, 7) is 5.04. The molecule has 1 aromatic carbocycles. The Labute approximate surface area is 224 Å². The lowest BCUT2D eigenvalue weighted by atomic mass is 10.0. The number of fused-ring (bicyclic) bond motifs is 1. The average molecular weight is 538 g/mol. The minimum absolute atomic E-state index is 0.0292. The highest BCUT2D eigenvalue weighted by atomic mass is 16.5. The molecule has 1 atom stereocenters. The Hall–Kier alpha value is -4.61. The number of amides is 2. The zero-order valence-electron chi connectivity index (χ0n) is 22.0. The van der Waals surface area contributed by atoms with E-state index in [4.69, 9.17) is 9.47 Å². The Kier molecular flexibility index (Phi) is 10.2. The Morgan fingerprint density at radius 2 is 1.69 bits per heavy atom. The van der Waals surface area contributed by atoms with Gasteiger partial charge in [-0.3, -0.25) is 29.5 Å². The van der Waals surface area contributed by atoms with Crippen LogP contribution in [0.15, 0.2) is 41.3 Å². The number of nitrogens with one attached hydrogen (secondary N) is 3. The molecule has 2 amide bonds. The number of H-pyrrole nitrogens is 1. The second kappa shape index (κ2) is 13.8. The molecule has 0 aliphatic rings. The Balaban J connectivity index is 1.62. The lowest BCUT2D eigenvalue weighted by Crippen LogP contribution is -2.42. The molecule has 12 nitrogen and oxygen atoms in total. The van der Waals surface area contributed by atoms with Gasteiger partial charge < -0.3 is 14.8 Å². The third-order valence-electron chi connectivity index (χ3n) is 5.65. The first-order valence-electron chi connectivity index (χ1n) is 12.6.